The lowest BCUT2D eigenvalue weighted by atomic mass is 9.88. The molecular formula is C18H22N4O2. The summed E-state index contributed by atoms with van der Waals surface area (Å²) in [5.41, 5.74) is 2.17. The van der Waals surface area contributed by atoms with E-state index in [-0.39, 0.29) is 11.5 Å². The summed E-state index contributed by atoms with van der Waals surface area (Å²) in [7, 11) is 1.71. The first kappa shape index (κ1) is 15.4. The van der Waals surface area contributed by atoms with E-state index < -0.39 is 0 Å². The maximum Gasteiger partial charge on any atom is 0.248 e. The summed E-state index contributed by atoms with van der Waals surface area (Å²) >= 11 is 0. The summed E-state index contributed by atoms with van der Waals surface area (Å²) in [5.74, 6) is 0.0959. The van der Waals surface area contributed by atoms with Gasteiger partial charge in [-0.25, -0.2) is 10.0 Å². The largest absolute Gasteiger partial charge is 0.306 e. The molecule has 0 aliphatic carbocycles. The zero-order valence-electron chi connectivity index (χ0n) is 13.9. The minimum absolute atomic E-state index is 0.0959. The molecule has 2 aliphatic heterocycles. The number of amides is 1. The molecular weight excluding hydrogens is 304 g/mol. The van der Waals surface area contributed by atoms with Crippen molar-refractivity contribution in [3.8, 4) is 5.69 Å². The van der Waals surface area contributed by atoms with Crippen molar-refractivity contribution in [2.24, 2.45) is 0 Å². The number of hydroxylamine groups is 2. The molecule has 3 heterocycles. The van der Waals surface area contributed by atoms with Crippen LogP contribution in [0.15, 0.2) is 43.0 Å². The predicted octanol–water partition coefficient (Wildman–Crippen LogP) is 2.00. The summed E-state index contributed by atoms with van der Waals surface area (Å²) in [6, 6.07) is 8.58. The van der Waals surface area contributed by atoms with Gasteiger partial charge in [0.05, 0.1) is 12.7 Å². The van der Waals surface area contributed by atoms with E-state index in [0.717, 1.165) is 38.2 Å². The van der Waals surface area contributed by atoms with E-state index in [1.165, 1.54) is 10.6 Å². The van der Waals surface area contributed by atoms with Crippen LogP contribution in [0.4, 0.5) is 0 Å². The molecule has 0 saturated carbocycles. The normalized spacial score (nSPS) is 20.9. The third-order valence-electron chi connectivity index (χ3n) is 5.07. The Labute approximate surface area is 141 Å². The Bertz CT molecular complexity index is 703. The molecule has 126 valence electrons. The van der Waals surface area contributed by atoms with E-state index in [0.29, 0.717) is 6.42 Å². The van der Waals surface area contributed by atoms with Crippen LogP contribution in [0, 0.1) is 0 Å². The second-order valence-electron chi connectivity index (χ2n) is 6.75. The van der Waals surface area contributed by atoms with Gasteiger partial charge in [0.15, 0.2) is 0 Å². The first-order valence-corrected chi connectivity index (χ1v) is 8.39. The van der Waals surface area contributed by atoms with Gasteiger partial charge in [-0.2, -0.15) is 0 Å². The Hall–Kier alpha value is -2.18. The van der Waals surface area contributed by atoms with Gasteiger partial charge in [-0.3, -0.25) is 14.5 Å². The number of piperidine rings is 1. The van der Waals surface area contributed by atoms with Crippen LogP contribution in [0.5, 0.6) is 0 Å². The zero-order chi connectivity index (χ0) is 16.6. The average Bonchev–Trinajstić information content (AvgIpc) is 3.20. The number of hydrogen-bond donors (Lipinski definition) is 0. The summed E-state index contributed by atoms with van der Waals surface area (Å²) in [6.07, 6.45) is 7.88. The molecule has 0 N–H and O–H groups in total. The van der Waals surface area contributed by atoms with Crippen LogP contribution in [0.3, 0.4) is 0 Å². The molecule has 2 aliphatic rings. The van der Waals surface area contributed by atoms with Gasteiger partial charge >= 0.3 is 0 Å². The number of nitrogens with zero attached hydrogens (tertiary/aromatic N) is 4. The van der Waals surface area contributed by atoms with Crippen molar-refractivity contribution in [3.05, 3.63) is 48.5 Å². The van der Waals surface area contributed by atoms with Gasteiger partial charge in [-0.1, -0.05) is 12.1 Å². The minimum atomic E-state index is -0.256. The number of carbonyl (C=O) groups is 1. The highest BCUT2D eigenvalue weighted by Gasteiger charge is 2.45. The molecule has 6 nitrogen and oxygen atoms in total. The number of aromatic nitrogens is 2. The molecule has 1 aromatic carbocycles. The topological polar surface area (TPSA) is 50.6 Å². The maximum atomic E-state index is 11.7. The van der Waals surface area contributed by atoms with E-state index >= 15 is 0 Å². The quantitative estimate of drug-likeness (QED) is 0.866. The van der Waals surface area contributed by atoms with Crippen LogP contribution < -0.4 is 0 Å². The zero-order valence-corrected chi connectivity index (χ0v) is 13.9. The maximum absolute atomic E-state index is 11.7. The van der Waals surface area contributed by atoms with Crippen LogP contribution in [0.1, 0.15) is 24.8 Å². The first-order chi connectivity index (χ1) is 11.6. The number of carbonyl (C=O) groups excluding carboxylic acids is 1. The molecule has 6 heteroatoms. The van der Waals surface area contributed by atoms with E-state index in [4.69, 9.17) is 4.84 Å². The van der Waals surface area contributed by atoms with E-state index in [2.05, 4.69) is 34.1 Å². The third kappa shape index (κ3) is 2.95. The Kier molecular flexibility index (Phi) is 3.86. The molecule has 0 radical (unpaired) electrons. The molecule has 2 saturated heterocycles. The highest BCUT2D eigenvalue weighted by atomic mass is 16.7. The van der Waals surface area contributed by atoms with Gasteiger partial charge in [-0.15, -0.1) is 0 Å². The molecule has 4 rings (SSSR count). The molecule has 0 unspecified atom stereocenters. The van der Waals surface area contributed by atoms with Crippen LogP contribution in [-0.4, -0.2) is 51.2 Å². The predicted molar refractivity (Wildman–Crippen MR) is 89.3 cm³/mol. The SMILES string of the molecule is CN1OC2(CCN(Cc3ccc(-n4ccnc4)cc3)CC2)CC1=O. The van der Waals surface area contributed by atoms with E-state index in [1.807, 2.05) is 10.8 Å². The molecule has 0 bridgehead atoms. The second kappa shape index (κ2) is 6.03. The fourth-order valence-electron chi connectivity index (χ4n) is 3.59. The molecule has 24 heavy (non-hydrogen) atoms. The lowest BCUT2D eigenvalue weighted by Crippen LogP contribution is -2.44. The van der Waals surface area contributed by atoms with Gasteiger partial charge in [0.2, 0.25) is 5.91 Å². The molecule has 2 aromatic rings. The summed E-state index contributed by atoms with van der Waals surface area (Å²) in [5, 5.41) is 1.41. The van der Waals surface area contributed by atoms with Crippen molar-refractivity contribution < 1.29 is 9.63 Å². The monoisotopic (exact) mass is 326 g/mol. The fraction of sp³-hybridized carbons (Fsp3) is 0.444. The van der Waals surface area contributed by atoms with Gasteiger partial charge in [0, 0.05) is 44.8 Å². The number of rotatable bonds is 3. The van der Waals surface area contributed by atoms with Gasteiger partial charge in [-0.05, 0) is 30.5 Å². The number of imidazole rings is 1. The number of hydrogen-bond acceptors (Lipinski definition) is 4. The Balaban J connectivity index is 1.35. The van der Waals surface area contributed by atoms with Crippen LogP contribution in [0.25, 0.3) is 5.69 Å². The Morgan fingerprint density at radius 2 is 1.96 bits per heavy atom. The number of likely N-dealkylation sites (tertiary alicyclic amines) is 1. The van der Waals surface area contributed by atoms with Gasteiger partial charge in [0.1, 0.15) is 5.60 Å². The summed E-state index contributed by atoms with van der Waals surface area (Å²) in [4.78, 5) is 24.0. The number of benzene rings is 1. The van der Waals surface area contributed by atoms with Gasteiger partial charge < -0.3 is 4.57 Å². The minimum Gasteiger partial charge on any atom is -0.306 e. The van der Waals surface area contributed by atoms with E-state index in [9.17, 15) is 4.79 Å². The third-order valence-corrected chi connectivity index (χ3v) is 5.07. The lowest BCUT2D eigenvalue weighted by Gasteiger charge is -2.37. The molecule has 1 aromatic heterocycles. The second-order valence-corrected chi connectivity index (χ2v) is 6.75. The molecule has 1 spiro atoms. The van der Waals surface area contributed by atoms with Crippen molar-refractivity contribution in [2.75, 3.05) is 20.1 Å². The van der Waals surface area contributed by atoms with Crippen LogP contribution >= 0.6 is 0 Å². The highest BCUT2D eigenvalue weighted by molar-refractivity contribution is 5.77. The van der Waals surface area contributed by atoms with Crippen molar-refractivity contribution >= 4 is 5.91 Å². The van der Waals surface area contributed by atoms with Gasteiger partial charge in [0.25, 0.3) is 0 Å². The molecule has 2 fully saturated rings. The van der Waals surface area contributed by atoms with Crippen molar-refractivity contribution in [1.29, 1.82) is 0 Å². The average molecular weight is 326 g/mol. The first-order valence-electron chi connectivity index (χ1n) is 8.39. The standard InChI is InChI=1S/C18H22N4O2/c1-20-17(23)12-18(24-20)6-9-21(10-7-18)13-15-2-4-16(5-3-15)22-11-8-19-14-22/h2-5,8,11,14H,6-7,9-10,12-13H2,1H3. The van der Waals surface area contributed by atoms with E-state index in [1.54, 1.807) is 19.6 Å². The summed E-state index contributed by atoms with van der Waals surface area (Å²) in [6.45, 7) is 2.86. The van der Waals surface area contributed by atoms with Crippen LogP contribution in [-0.2, 0) is 16.2 Å². The summed E-state index contributed by atoms with van der Waals surface area (Å²) < 4.78 is 2.00. The Morgan fingerprint density at radius 1 is 1.21 bits per heavy atom. The lowest BCUT2D eigenvalue weighted by molar-refractivity contribution is -0.199. The highest BCUT2D eigenvalue weighted by Crippen LogP contribution is 2.36. The van der Waals surface area contributed by atoms with Crippen molar-refractivity contribution in [3.63, 3.8) is 0 Å². The van der Waals surface area contributed by atoms with Crippen LogP contribution in [0.2, 0.25) is 0 Å². The Morgan fingerprint density at radius 3 is 2.54 bits per heavy atom. The molecule has 1 amide bonds. The van der Waals surface area contributed by atoms with Crippen molar-refractivity contribution in [2.45, 2.75) is 31.4 Å². The van der Waals surface area contributed by atoms with Crippen molar-refractivity contribution in [1.82, 2.24) is 19.5 Å². The molecule has 0 atom stereocenters. The fourth-order valence-corrected chi connectivity index (χ4v) is 3.59. The smallest absolute Gasteiger partial charge is 0.248 e.